The molecule has 0 aliphatic carbocycles. The average Bonchev–Trinajstić information content (AvgIpc) is 2.52. The van der Waals surface area contributed by atoms with E-state index in [0.717, 1.165) is 44.8 Å². The zero-order valence-electron chi connectivity index (χ0n) is 11.8. The highest BCUT2D eigenvalue weighted by Gasteiger charge is 2.15. The Hall–Kier alpha value is -1.43. The third-order valence-electron chi connectivity index (χ3n) is 3.50. The molecule has 1 saturated heterocycles. The molecule has 1 aromatic carbocycles. The number of benzene rings is 1. The van der Waals surface area contributed by atoms with Gasteiger partial charge in [0.15, 0.2) is 0 Å². The maximum absolute atomic E-state index is 11.9. The molecule has 1 aliphatic heterocycles. The van der Waals surface area contributed by atoms with E-state index in [1.807, 2.05) is 30.3 Å². The van der Waals surface area contributed by atoms with Gasteiger partial charge in [-0.25, -0.2) is 0 Å². The highest BCUT2D eigenvalue weighted by Crippen LogP contribution is 2.09. The predicted octanol–water partition coefficient (Wildman–Crippen LogP) is 0.525. The molecule has 110 valence electrons. The Morgan fingerprint density at radius 1 is 1.30 bits per heavy atom. The van der Waals surface area contributed by atoms with Crippen LogP contribution in [0.1, 0.15) is 18.0 Å². The van der Waals surface area contributed by atoms with E-state index >= 15 is 0 Å². The topological polar surface area (TPSA) is 67.6 Å². The van der Waals surface area contributed by atoms with Crippen LogP contribution in [0.25, 0.3) is 0 Å². The summed E-state index contributed by atoms with van der Waals surface area (Å²) in [5.41, 5.74) is 6.77. The van der Waals surface area contributed by atoms with Crippen LogP contribution in [0.4, 0.5) is 0 Å². The SMILES string of the molecule is N[C@@H](C(=O)NCCCN1CCOCC1)c1ccccc1. The molecule has 0 unspecified atom stereocenters. The van der Waals surface area contributed by atoms with Gasteiger partial charge in [0.05, 0.1) is 13.2 Å². The van der Waals surface area contributed by atoms with E-state index in [0.29, 0.717) is 6.54 Å². The number of carbonyl (C=O) groups excluding carboxylic acids is 1. The zero-order chi connectivity index (χ0) is 14.2. The van der Waals surface area contributed by atoms with Crippen molar-refractivity contribution >= 4 is 5.91 Å². The number of carbonyl (C=O) groups is 1. The van der Waals surface area contributed by atoms with Crippen molar-refractivity contribution in [3.05, 3.63) is 35.9 Å². The molecule has 0 aromatic heterocycles. The third kappa shape index (κ3) is 4.59. The summed E-state index contributed by atoms with van der Waals surface area (Å²) < 4.78 is 5.30. The molecule has 0 spiro atoms. The maximum atomic E-state index is 11.9. The fourth-order valence-electron chi connectivity index (χ4n) is 2.26. The molecule has 2 rings (SSSR count). The first-order valence-electron chi connectivity index (χ1n) is 7.16. The summed E-state index contributed by atoms with van der Waals surface area (Å²) in [6.07, 6.45) is 0.938. The number of hydrogen-bond donors (Lipinski definition) is 2. The van der Waals surface area contributed by atoms with Gasteiger partial charge in [0.1, 0.15) is 6.04 Å². The molecule has 1 amide bonds. The summed E-state index contributed by atoms with van der Waals surface area (Å²) in [6, 6.07) is 8.85. The van der Waals surface area contributed by atoms with Crippen LogP contribution in [-0.2, 0) is 9.53 Å². The largest absolute Gasteiger partial charge is 0.379 e. The van der Waals surface area contributed by atoms with E-state index in [2.05, 4.69) is 10.2 Å². The number of morpholine rings is 1. The molecule has 1 atom stereocenters. The Morgan fingerprint density at radius 2 is 2.00 bits per heavy atom. The van der Waals surface area contributed by atoms with Crippen molar-refractivity contribution in [3.8, 4) is 0 Å². The Kier molecular flexibility index (Phi) is 5.98. The van der Waals surface area contributed by atoms with Crippen molar-refractivity contribution in [1.82, 2.24) is 10.2 Å². The Balaban J connectivity index is 1.64. The minimum Gasteiger partial charge on any atom is -0.379 e. The Morgan fingerprint density at radius 3 is 2.70 bits per heavy atom. The molecule has 5 heteroatoms. The van der Waals surface area contributed by atoms with Gasteiger partial charge in [-0.3, -0.25) is 9.69 Å². The minimum atomic E-state index is -0.584. The minimum absolute atomic E-state index is 0.113. The van der Waals surface area contributed by atoms with Crippen LogP contribution in [0.2, 0.25) is 0 Å². The number of nitrogens with zero attached hydrogens (tertiary/aromatic N) is 1. The molecule has 1 aromatic rings. The molecule has 1 aliphatic rings. The quantitative estimate of drug-likeness (QED) is 0.744. The molecule has 3 N–H and O–H groups in total. The lowest BCUT2D eigenvalue weighted by Gasteiger charge is -2.26. The number of amides is 1. The lowest BCUT2D eigenvalue weighted by Crippen LogP contribution is -2.39. The Bertz CT molecular complexity index is 405. The Labute approximate surface area is 120 Å². The summed E-state index contributed by atoms with van der Waals surface area (Å²) in [7, 11) is 0. The molecular formula is C15H23N3O2. The van der Waals surface area contributed by atoms with E-state index in [4.69, 9.17) is 10.5 Å². The number of rotatable bonds is 6. The van der Waals surface area contributed by atoms with Crippen LogP contribution in [0.5, 0.6) is 0 Å². The molecule has 5 nitrogen and oxygen atoms in total. The second kappa shape index (κ2) is 7.99. The summed E-state index contributed by atoms with van der Waals surface area (Å²) in [5.74, 6) is -0.113. The van der Waals surface area contributed by atoms with Crippen molar-refractivity contribution in [2.75, 3.05) is 39.4 Å². The second-order valence-corrected chi connectivity index (χ2v) is 4.99. The summed E-state index contributed by atoms with van der Waals surface area (Å²) >= 11 is 0. The molecule has 20 heavy (non-hydrogen) atoms. The van der Waals surface area contributed by atoms with Gasteiger partial charge in [-0.1, -0.05) is 30.3 Å². The number of hydrogen-bond acceptors (Lipinski definition) is 4. The van der Waals surface area contributed by atoms with Gasteiger partial charge in [0, 0.05) is 19.6 Å². The van der Waals surface area contributed by atoms with E-state index in [-0.39, 0.29) is 5.91 Å². The monoisotopic (exact) mass is 277 g/mol. The van der Waals surface area contributed by atoms with E-state index in [1.54, 1.807) is 0 Å². The lowest BCUT2D eigenvalue weighted by molar-refractivity contribution is -0.122. The van der Waals surface area contributed by atoms with Crippen LogP contribution in [0.15, 0.2) is 30.3 Å². The van der Waals surface area contributed by atoms with Crippen molar-refractivity contribution < 1.29 is 9.53 Å². The average molecular weight is 277 g/mol. The first kappa shape index (κ1) is 15.0. The maximum Gasteiger partial charge on any atom is 0.241 e. The van der Waals surface area contributed by atoms with Crippen LogP contribution < -0.4 is 11.1 Å². The number of ether oxygens (including phenoxy) is 1. The second-order valence-electron chi connectivity index (χ2n) is 4.99. The summed E-state index contributed by atoms with van der Waals surface area (Å²) in [5, 5.41) is 2.90. The summed E-state index contributed by atoms with van der Waals surface area (Å²) in [6.45, 7) is 5.24. The van der Waals surface area contributed by atoms with Crippen molar-refractivity contribution in [3.63, 3.8) is 0 Å². The first-order chi connectivity index (χ1) is 9.77. The van der Waals surface area contributed by atoms with Crippen LogP contribution >= 0.6 is 0 Å². The standard InChI is InChI=1S/C15H23N3O2/c16-14(13-5-2-1-3-6-13)15(19)17-7-4-8-18-9-11-20-12-10-18/h1-3,5-6,14H,4,7-12,16H2,(H,17,19)/t14-/m1/s1. The molecule has 0 radical (unpaired) electrons. The van der Waals surface area contributed by atoms with Gasteiger partial charge >= 0.3 is 0 Å². The van der Waals surface area contributed by atoms with Gasteiger partial charge in [-0.15, -0.1) is 0 Å². The molecule has 1 heterocycles. The molecular weight excluding hydrogens is 254 g/mol. The van der Waals surface area contributed by atoms with Crippen molar-refractivity contribution in [2.24, 2.45) is 5.73 Å². The third-order valence-corrected chi connectivity index (χ3v) is 3.50. The van der Waals surface area contributed by atoms with Crippen LogP contribution in [-0.4, -0.2) is 50.2 Å². The highest BCUT2D eigenvalue weighted by molar-refractivity contribution is 5.82. The summed E-state index contributed by atoms with van der Waals surface area (Å²) in [4.78, 5) is 14.3. The van der Waals surface area contributed by atoms with Crippen molar-refractivity contribution in [2.45, 2.75) is 12.5 Å². The number of nitrogens with one attached hydrogen (secondary N) is 1. The lowest BCUT2D eigenvalue weighted by atomic mass is 10.1. The van der Waals surface area contributed by atoms with Crippen LogP contribution in [0.3, 0.4) is 0 Å². The first-order valence-corrected chi connectivity index (χ1v) is 7.16. The van der Waals surface area contributed by atoms with Gasteiger partial charge in [-0.2, -0.15) is 0 Å². The fraction of sp³-hybridized carbons (Fsp3) is 0.533. The van der Waals surface area contributed by atoms with Crippen molar-refractivity contribution in [1.29, 1.82) is 0 Å². The molecule has 0 saturated carbocycles. The van der Waals surface area contributed by atoms with Gasteiger partial charge in [-0.05, 0) is 18.5 Å². The predicted molar refractivity (Wildman–Crippen MR) is 78.3 cm³/mol. The molecule has 0 bridgehead atoms. The highest BCUT2D eigenvalue weighted by atomic mass is 16.5. The van der Waals surface area contributed by atoms with E-state index < -0.39 is 6.04 Å². The number of nitrogens with two attached hydrogens (primary N) is 1. The van der Waals surface area contributed by atoms with Gasteiger partial charge < -0.3 is 15.8 Å². The van der Waals surface area contributed by atoms with Crippen LogP contribution in [0, 0.1) is 0 Å². The van der Waals surface area contributed by atoms with Gasteiger partial charge in [0.25, 0.3) is 0 Å². The van der Waals surface area contributed by atoms with E-state index in [9.17, 15) is 4.79 Å². The fourth-order valence-corrected chi connectivity index (χ4v) is 2.26. The van der Waals surface area contributed by atoms with E-state index in [1.165, 1.54) is 0 Å². The normalized spacial score (nSPS) is 17.6. The van der Waals surface area contributed by atoms with Gasteiger partial charge in [0.2, 0.25) is 5.91 Å². The smallest absolute Gasteiger partial charge is 0.241 e. The zero-order valence-corrected chi connectivity index (χ0v) is 11.8. The molecule has 1 fully saturated rings.